The predicted octanol–water partition coefficient (Wildman–Crippen LogP) is 6.86. The Labute approximate surface area is 174 Å². The zero-order valence-electron chi connectivity index (χ0n) is 16.9. The minimum Gasteiger partial charge on any atom is -0.489 e. The third kappa shape index (κ3) is 5.29. The van der Waals surface area contributed by atoms with Crippen molar-refractivity contribution in [2.75, 3.05) is 11.9 Å². The summed E-state index contributed by atoms with van der Waals surface area (Å²) in [6.07, 6.45) is 20.8. The van der Waals surface area contributed by atoms with Gasteiger partial charge in [-0.2, -0.15) is 0 Å². The van der Waals surface area contributed by atoms with Gasteiger partial charge in [0.2, 0.25) is 0 Å². The van der Waals surface area contributed by atoms with Crippen LogP contribution in [0, 0.1) is 0 Å². The molecule has 0 unspecified atom stereocenters. The minimum atomic E-state index is 0.592. The van der Waals surface area contributed by atoms with Crippen molar-refractivity contribution in [1.29, 1.82) is 0 Å². The third-order valence-corrected chi connectivity index (χ3v) is 5.44. The Bertz CT molecular complexity index is 935. The Morgan fingerprint density at radius 2 is 1.66 bits per heavy atom. The smallest absolute Gasteiger partial charge is 0.125 e. The van der Waals surface area contributed by atoms with Crippen LogP contribution >= 0.6 is 0 Å². The van der Waals surface area contributed by atoms with Gasteiger partial charge in [0.05, 0.1) is 0 Å². The first-order valence-corrected chi connectivity index (χ1v) is 10.7. The van der Waals surface area contributed by atoms with Gasteiger partial charge in [-0.15, -0.1) is 0 Å². The van der Waals surface area contributed by atoms with E-state index >= 15 is 0 Å². The molecule has 0 bridgehead atoms. The second-order valence-electron chi connectivity index (χ2n) is 7.62. The molecule has 2 aromatic carbocycles. The van der Waals surface area contributed by atoms with Crippen molar-refractivity contribution in [3.8, 4) is 5.75 Å². The van der Waals surface area contributed by atoms with Crippen LogP contribution in [-0.2, 0) is 13.0 Å². The molecule has 4 rings (SSSR count). The molecule has 1 aliphatic heterocycles. The lowest BCUT2D eigenvalue weighted by Crippen LogP contribution is -2.06. The monoisotopic (exact) mass is 383 g/mol. The van der Waals surface area contributed by atoms with Gasteiger partial charge in [-0.1, -0.05) is 85.7 Å². The fourth-order valence-electron chi connectivity index (χ4n) is 3.85. The molecule has 0 radical (unpaired) electrons. The van der Waals surface area contributed by atoms with Crippen LogP contribution in [-0.4, -0.2) is 6.54 Å². The number of hydrogen-bond acceptors (Lipinski definition) is 2. The van der Waals surface area contributed by atoms with E-state index in [-0.39, 0.29) is 0 Å². The molecule has 2 aromatic rings. The van der Waals surface area contributed by atoms with Crippen LogP contribution < -0.4 is 10.1 Å². The molecule has 0 fully saturated rings. The maximum Gasteiger partial charge on any atom is 0.125 e. The zero-order valence-corrected chi connectivity index (χ0v) is 16.9. The number of ether oxygens (including phenoxy) is 1. The number of nitrogens with one attached hydrogen (secondary N) is 1. The molecule has 2 nitrogen and oxygen atoms in total. The van der Waals surface area contributed by atoms with Gasteiger partial charge in [-0.05, 0) is 48.1 Å². The topological polar surface area (TPSA) is 21.3 Å². The second-order valence-corrected chi connectivity index (χ2v) is 7.62. The van der Waals surface area contributed by atoms with Crippen molar-refractivity contribution < 1.29 is 4.74 Å². The summed E-state index contributed by atoms with van der Waals surface area (Å²) < 4.78 is 6.39. The van der Waals surface area contributed by atoms with Crippen molar-refractivity contribution in [2.45, 2.75) is 38.7 Å². The lowest BCUT2D eigenvalue weighted by Gasteiger charge is -2.19. The molecular weight excluding hydrogens is 354 g/mol. The molecule has 0 spiro atoms. The van der Waals surface area contributed by atoms with Crippen molar-refractivity contribution in [3.05, 3.63) is 102 Å². The van der Waals surface area contributed by atoms with Crippen LogP contribution in [0.25, 0.3) is 5.57 Å². The number of benzene rings is 2. The molecule has 0 aromatic heterocycles. The van der Waals surface area contributed by atoms with Crippen molar-refractivity contribution in [2.24, 2.45) is 0 Å². The van der Waals surface area contributed by atoms with E-state index in [2.05, 4.69) is 78.2 Å². The van der Waals surface area contributed by atoms with Gasteiger partial charge in [0.25, 0.3) is 0 Å². The summed E-state index contributed by atoms with van der Waals surface area (Å²) in [5, 5.41) is 3.69. The Morgan fingerprint density at radius 3 is 2.59 bits per heavy atom. The lowest BCUT2D eigenvalue weighted by atomic mass is 9.97. The molecule has 0 saturated heterocycles. The number of fused-ring (bicyclic) bond motifs is 1. The summed E-state index contributed by atoms with van der Waals surface area (Å²) in [5.41, 5.74) is 6.12. The maximum atomic E-state index is 6.39. The highest BCUT2D eigenvalue weighted by atomic mass is 16.5. The molecule has 2 aliphatic rings. The highest BCUT2D eigenvalue weighted by Crippen LogP contribution is 2.35. The molecule has 29 heavy (non-hydrogen) atoms. The Balaban J connectivity index is 1.70. The summed E-state index contributed by atoms with van der Waals surface area (Å²) in [6.45, 7) is 1.61. The standard InChI is InChI=1S/C27H29NO/c1-2-9-15-23(16-10-3-1)24-19-26-25(17-11-4-5-12-18-28-26)27(20-24)29-21-22-13-7-6-8-14-22/h1-3,6-10,13-16,19-20,28H,4-5,11-12,17-18,21H2/b2-1-,3-1?,9-2?,10-3-,15-9-,16-10?,23-15?,23-16+. The van der Waals surface area contributed by atoms with E-state index in [9.17, 15) is 0 Å². The van der Waals surface area contributed by atoms with Crippen LogP contribution in [0.15, 0.2) is 85.0 Å². The zero-order chi connectivity index (χ0) is 19.7. The Kier molecular flexibility index (Phi) is 6.64. The summed E-state index contributed by atoms with van der Waals surface area (Å²) in [6, 6.07) is 14.9. The third-order valence-electron chi connectivity index (χ3n) is 5.44. The SMILES string of the molecule is C1=C\C=C/C(c2cc3c(c(OCc4ccccc4)c2)CCCCCCN3)=C\C=C/1. The predicted molar refractivity (Wildman–Crippen MR) is 123 cm³/mol. The first-order chi connectivity index (χ1) is 14.4. The fraction of sp³-hybridized carbons (Fsp3) is 0.259. The quantitative estimate of drug-likeness (QED) is 0.623. The van der Waals surface area contributed by atoms with Gasteiger partial charge in [-0.3, -0.25) is 0 Å². The first-order valence-electron chi connectivity index (χ1n) is 10.7. The normalized spacial score (nSPS) is 21.4. The Hall–Kier alpha value is -3.00. The van der Waals surface area contributed by atoms with E-state index < -0.39 is 0 Å². The van der Waals surface area contributed by atoms with Gasteiger partial charge < -0.3 is 10.1 Å². The maximum absolute atomic E-state index is 6.39. The molecule has 0 saturated carbocycles. The molecule has 0 atom stereocenters. The van der Waals surface area contributed by atoms with Crippen molar-refractivity contribution in [3.63, 3.8) is 0 Å². The van der Waals surface area contributed by atoms with Gasteiger partial charge in [-0.25, -0.2) is 0 Å². The minimum absolute atomic E-state index is 0.592. The van der Waals surface area contributed by atoms with Crippen LogP contribution in [0.3, 0.4) is 0 Å². The molecule has 1 heterocycles. The van der Waals surface area contributed by atoms with Crippen molar-refractivity contribution in [1.82, 2.24) is 0 Å². The van der Waals surface area contributed by atoms with E-state index in [0.29, 0.717) is 6.61 Å². The number of anilines is 1. The van der Waals surface area contributed by atoms with Crippen molar-refractivity contribution >= 4 is 11.3 Å². The van der Waals surface area contributed by atoms with Gasteiger partial charge in [0.15, 0.2) is 0 Å². The van der Waals surface area contributed by atoms with Crippen LogP contribution in [0.5, 0.6) is 5.75 Å². The number of allylic oxidation sites excluding steroid dienone is 8. The number of hydrogen-bond donors (Lipinski definition) is 1. The lowest BCUT2D eigenvalue weighted by molar-refractivity contribution is 0.303. The highest BCUT2D eigenvalue weighted by Gasteiger charge is 2.15. The van der Waals surface area contributed by atoms with E-state index in [0.717, 1.165) is 18.7 Å². The van der Waals surface area contributed by atoms with Gasteiger partial charge in [0.1, 0.15) is 12.4 Å². The van der Waals surface area contributed by atoms with E-state index in [1.165, 1.54) is 53.6 Å². The molecular formula is C27H29NO. The summed E-state index contributed by atoms with van der Waals surface area (Å²) >= 11 is 0. The molecule has 2 heteroatoms. The summed E-state index contributed by atoms with van der Waals surface area (Å²) in [7, 11) is 0. The molecule has 148 valence electrons. The average Bonchev–Trinajstić information content (AvgIpc) is 2.84. The molecule has 1 aliphatic carbocycles. The van der Waals surface area contributed by atoms with Gasteiger partial charge in [0, 0.05) is 17.8 Å². The fourth-order valence-corrected chi connectivity index (χ4v) is 3.85. The Morgan fingerprint density at radius 1 is 0.828 bits per heavy atom. The van der Waals surface area contributed by atoms with E-state index in [1.54, 1.807) is 0 Å². The van der Waals surface area contributed by atoms with E-state index in [1.807, 2.05) is 12.1 Å². The largest absolute Gasteiger partial charge is 0.489 e. The van der Waals surface area contributed by atoms with E-state index in [4.69, 9.17) is 4.74 Å². The van der Waals surface area contributed by atoms with Gasteiger partial charge >= 0.3 is 0 Å². The first kappa shape index (κ1) is 19.3. The average molecular weight is 384 g/mol. The van der Waals surface area contributed by atoms with Crippen LogP contribution in [0.2, 0.25) is 0 Å². The number of rotatable bonds is 4. The summed E-state index contributed by atoms with van der Waals surface area (Å²) in [5.74, 6) is 1.01. The second kappa shape index (κ2) is 9.97. The molecule has 0 amide bonds. The van der Waals surface area contributed by atoms with Crippen LogP contribution in [0.1, 0.15) is 42.4 Å². The summed E-state index contributed by atoms with van der Waals surface area (Å²) in [4.78, 5) is 0. The molecule has 1 N–H and O–H groups in total. The van der Waals surface area contributed by atoms with Crippen LogP contribution in [0.4, 0.5) is 5.69 Å². The highest BCUT2D eigenvalue weighted by molar-refractivity contribution is 5.80.